The molecule has 0 aliphatic carbocycles. The first kappa shape index (κ1) is 16.6. The van der Waals surface area contributed by atoms with Gasteiger partial charge in [-0.3, -0.25) is 14.0 Å². The molecule has 2 heterocycles. The first-order chi connectivity index (χ1) is 11.5. The predicted octanol–water partition coefficient (Wildman–Crippen LogP) is 3.02. The highest BCUT2D eigenvalue weighted by Crippen LogP contribution is 2.19. The number of carbonyl (C=O) groups is 2. The largest absolute Gasteiger partial charge is 0.455 e. The number of hydrogen-bond donors (Lipinski definition) is 1. The van der Waals surface area contributed by atoms with Gasteiger partial charge in [-0.2, -0.15) is 0 Å². The van der Waals surface area contributed by atoms with Gasteiger partial charge in [-0.05, 0) is 18.2 Å². The van der Waals surface area contributed by atoms with E-state index in [4.69, 9.17) is 4.74 Å². The molecule has 0 aliphatic heterocycles. The summed E-state index contributed by atoms with van der Waals surface area (Å²) >= 11 is 4.58. The molecule has 24 heavy (non-hydrogen) atoms. The van der Waals surface area contributed by atoms with E-state index in [-0.39, 0.29) is 12.1 Å². The van der Waals surface area contributed by atoms with Crippen LogP contribution in [0.3, 0.4) is 0 Å². The highest BCUT2D eigenvalue weighted by Gasteiger charge is 2.13. The lowest BCUT2D eigenvalue weighted by Crippen LogP contribution is -2.22. The molecular formula is C15H11BrFN3O3S. The Morgan fingerprint density at radius 3 is 3.00 bits per heavy atom. The summed E-state index contributed by atoms with van der Waals surface area (Å²) in [5.74, 6) is -1.77. The smallest absolute Gasteiger partial charge is 0.312 e. The van der Waals surface area contributed by atoms with Crippen LogP contribution in [0.2, 0.25) is 0 Å². The Morgan fingerprint density at radius 2 is 2.25 bits per heavy atom. The van der Waals surface area contributed by atoms with Crippen LogP contribution in [0.4, 0.5) is 10.1 Å². The van der Waals surface area contributed by atoms with Crippen molar-refractivity contribution in [2.45, 2.75) is 6.42 Å². The summed E-state index contributed by atoms with van der Waals surface area (Å²) in [6.07, 6.45) is 3.53. The van der Waals surface area contributed by atoms with Gasteiger partial charge in [-0.15, -0.1) is 11.3 Å². The lowest BCUT2D eigenvalue weighted by molar-refractivity contribution is -0.146. The van der Waals surface area contributed by atoms with Crippen LogP contribution in [0.25, 0.3) is 4.96 Å². The molecule has 0 aliphatic rings. The Kier molecular flexibility index (Phi) is 4.91. The minimum atomic E-state index is -0.615. The summed E-state index contributed by atoms with van der Waals surface area (Å²) < 4.78 is 20.9. The van der Waals surface area contributed by atoms with Crippen LogP contribution in [0.15, 0.2) is 40.4 Å². The van der Waals surface area contributed by atoms with Crippen LogP contribution in [-0.4, -0.2) is 27.9 Å². The molecule has 6 nitrogen and oxygen atoms in total. The monoisotopic (exact) mass is 411 g/mol. The lowest BCUT2D eigenvalue weighted by Gasteiger charge is -2.07. The molecule has 9 heteroatoms. The molecule has 0 radical (unpaired) electrons. The zero-order valence-corrected chi connectivity index (χ0v) is 14.6. The van der Waals surface area contributed by atoms with Crippen molar-refractivity contribution >= 4 is 49.8 Å². The number of rotatable bonds is 5. The fraction of sp³-hybridized carbons (Fsp3) is 0.133. The number of esters is 1. The van der Waals surface area contributed by atoms with Crippen molar-refractivity contribution in [1.82, 2.24) is 9.38 Å². The van der Waals surface area contributed by atoms with E-state index in [1.165, 1.54) is 23.5 Å². The topological polar surface area (TPSA) is 72.7 Å². The number of fused-ring (bicyclic) bond motifs is 1. The molecule has 1 amide bonds. The number of halogens is 2. The Hall–Kier alpha value is -2.26. The SMILES string of the molecule is O=C(COC(=O)Cc1cn2ccsc2n1)Nc1ccc(Br)cc1F. The minimum absolute atomic E-state index is 0.0218. The predicted molar refractivity (Wildman–Crippen MR) is 90.5 cm³/mol. The second-order valence-corrected chi connectivity index (χ2v) is 6.62. The number of thiazole rings is 1. The molecule has 0 bridgehead atoms. The third-order valence-corrected chi connectivity index (χ3v) is 4.30. The van der Waals surface area contributed by atoms with Gasteiger partial charge >= 0.3 is 5.97 Å². The van der Waals surface area contributed by atoms with Crippen molar-refractivity contribution in [1.29, 1.82) is 0 Å². The molecular weight excluding hydrogens is 401 g/mol. The number of carbonyl (C=O) groups excluding carboxylic acids is 2. The van der Waals surface area contributed by atoms with Gasteiger partial charge in [0.05, 0.1) is 17.8 Å². The Morgan fingerprint density at radius 1 is 1.42 bits per heavy atom. The number of nitrogens with zero attached hydrogens (tertiary/aromatic N) is 2. The second kappa shape index (κ2) is 7.10. The summed E-state index contributed by atoms with van der Waals surface area (Å²) in [5.41, 5.74) is 0.583. The first-order valence-corrected chi connectivity index (χ1v) is 8.50. The quantitative estimate of drug-likeness (QED) is 0.654. The van der Waals surface area contributed by atoms with Crippen LogP contribution < -0.4 is 5.32 Å². The van der Waals surface area contributed by atoms with E-state index in [9.17, 15) is 14.0 Å². The lowest BCUT2D eigenvalue weighted by atomic mass is 10.3. The van der Waals surface area contributed by atoms with Crippen LogP contribution in [0.5, 0.6) is 0 Å². The van der Waals surface area contributed by atoms with E-state index < -0.39 is 24.3 Å². The molecule has 124 valence electrons. The van der Waals surface area contributed by atoms with Crippen molar-refractivity contribution < 1.29 is 18.7 Å². The van der Waals surface area contributed by atoms with Crippen molar-refractivity contribution in [2.24, 2.45) is 0 Å². The van der Waals surface area contributed by atoms with Gasteiger partial charge in [0, 0.05) is 22.2 Å². The molecule has 0 saturated carbocycles. The van der Waals surface area contributed by atoms with Crippen LogP contribution >= 0.6 is 27.3 Å². The molecule has 0 saturated heterocycles. The number of amides is 1. The normalized spacial score (nSPS) is 10.8. The van der Waals surface area contributed by atoms with E-state index >= 15 is 0 Å². The Bertz CT molecular complexity index is 880. The number of imidazole rings is 1. The van der Waals surface area contributed by atoms with E-state index in [0.717, 1.165) is 4.96 Å². The zero-order valence-electron chi connectivity index (χ0n) is 12.2. The fourth-order valence-electron chi connectivity index (χ4n) is 1.98. The molecule has 3 aromatic rings. The van der Waals surface area contributed by atoms with Gasteiger partial charge in [-0.1, -0.05) is 15.9 Å². The Labute approximate surface area is 148 Å². The highest BCUT2D eigenvalue weighted by molar-refractivity contribution is 9.10. The van der Waals surface area contributed by atoms with Gasteiger partial charge in [0.15, 0.2) is 11.6 Å². The zero-order chi connectivity index (χ0) is 17.1. The van der Waals surface area contributed by atoms with Crippen LogP contribution in [-0.2, 0) is 20.7 Å². The summed E-state index contributed by atoms with van der Waals surface area (Å²) in [4.78, 5) is 28.5. The second-order valence-electron chi connectivity index (χ2n) is 4.83. The van der Waals surface area contributed by atoms with Crippen molar-refractivity contribution in [3.05, 3.63) is 52.0 Å². The van der Waals surface area contributed by atoms with Crippen LogP contribution in [0, 0.1) is 5.82 Å². The third kappa shape index (κ3) is 3.98. The first-order valence-electron chi connectivity index (χ1n) is 6.83. The third-order valence-electron chi connectivity index (χ3n) is 3.04. The molecule has 0 fully saturated rings. The van der Waals surface area contributed by atoms with Gasteiger partial charge in [0.2, 0.25) is 0 Å². The molecule has 0 unspecified atom stereocenters. The average Bonchev–Trinajstić information content (AvgIpc) is 3.09. The molecule has 1 N–H and O–H groups in total. The number of benzene rings is 1. The van der Waals surface area contributed by atoms with Gasteiger partial charge in [0.1, 0.15) is 5.82 Å². The fourth-order valence-corrected chi connectivity index (χ4v) is 3.04. The van der Waals surface area contributed by atoms with E-state index in [2.05, 4.69) is 26.2 Å². The maximum Gasteiger partial charge on any atom is 0.312 e. The Balaban J connectivity index is 1.50. The van der Waals surface area contributed by atoms with Gasteiger partial charge < -0.3 is 10.1 Å². The number of nitrogens with one attached hydrogen (secondary N) is 1. The highest BCUT2D eigenvalue weighted by atomic mass is 79.9. The molecule has 0 spiro atoms. The van der Waals surface area contributed by atoms with Gasteiger partial charge in [-0.25, -0.2) is 9.37 Å². The summed E-state index contributed by atoms with van der Waals surface area (Å²) in [5, 5.41) is 4.23. The van der Waals surface area contributed by atoms with E-state index in [0.29, 0.717) is 10.2 Å². The minimum Gasteiger partial charge on any atom is -0.455 e. The standard InChI is InChI=1S/C15H11BrFN3O3S/c16-9-1-2-12(11(17)5-9)19-13(21)8-23-14(22)6-10-7-20-3-4-24-15(20)18-10/h1-5,7H,6,8H2,(H,19,21). The maximum absolute atomic E-state index is 13.6. The van der Waals surface area contributed by atoms with Gasteiger partial charge in [0.25, 0.3) is 5.91 Å². The summed E-state index contributed by atoms with van der Waals surface area (Å²) in [6, 6.07) is 4.23. The molecule has 2 aromatic heterocycles. The number of anilines is 1. The average molecular weight is 412 g/mol. The maximum atomic E-state index is 13.6. The number of aromatic nitrogens is 2. The molecule has 0 atom stereocenters. The van der Waals surface area contributed by atoms with Crippen LogP contribution in [0.1, 0.15) is 5.69 Å². The van der Waals surface area contributed by atoms with Crippen molar-refractivity contribution in [3.63, 3.8) is 0 Å². The van der Waals surface area contributed by atoms with Crippen molar-refractivity contribution in [3.8, 4) is 0 Å². The molecule has 3 rings (SSSR count). The summed E-state index contributed by atoms with van der Waals surface area (Å²) in [7, 11) is 0. The van der Waals surface area contributed by atoms with E-state index in [1.807, 2.05) is 11.6 Å². The summed E-state index contributed by atoms with van der Waals surface area (Å²) in [6.45, 7) is -0.490. The molecule has 1 aromatic carbocycles. The van der Waals surface area contributed by atoms with Crippen molar-refractivity contribution in [2.75, 3.05) is 11.9 Å². The number of hydrogen-bond acceptors (Lipinski definition) is 5. The van der Waals surface area contributed by atoms with E-state index in [1.54, 1.807) is 16.7 Å². The number of ether oxygens (including phenoxy) is 1.